The molecule has 4 N–H and O–H groups in total. The van der Waals surface area contributed by atoms with Crippen LogP contribution < -0.4 is 4.74 Å². The van der Waals surface area contributed by atoms with Crippen LogP contribution in [0.1, 0.15) is 62.8 Å². The molecular weight excluding hydrogens is 516 g/mol. The number of nitrogens with zero attached hydrogens (tertiary/aromatic N) is 2. The number of aliphatic hydroxyl groups is 3. The van der Waals surface area contributed by atoms with Crippen molar-refractivity contribution >= 4 is 23.1 Å². The molecule has 40 heavy (non-hydrogen) atoms. The Morgan fingerprint density at radius 3 is 2.52 bits per heavy atom. The number of likely N-dealkylation sites (N-methyl/N-ethyl adjacent to an activating group) is 1. The van der Waals surface area contributed by atoms with E-state index in [0.717, 1.165) is 38.4 Å². The summed E-state index contributed by atoms with van der Waals surface area (Å²) in [6.45, 7) is 7.15. The number of hydrogen-bond acceptors (Lipinski definition) is 10. The minimum absolute atomic E-state index is 0.0346. The molecule has 1 aliphatic heterocycles. The normalized spacial score (nSPS) is 30.5. The van der Waals surface area contributed by atoms with Gasteiger partial charge in [-0.1, -0.05) is 13.8 Å². The van der Waals surface area contributed by atoms with Crippen molar-refractivity contribution in [3.63, 3.8) is 0 Å². The lowest BCUT2D eigenvalue weighted by Crippen LogP contribution is -2.65. The molecule has 0 spiro atoms. The van der Waals surface area contributed by atoms with E-state index in [-0.39, 0.29) is 35.8 Å². The fourth-order valence-electron chi connectivity index (χ4n) is 7.58. The number of carbonyl (C=O) groups is 3. The molecular formula is C30H38N2O8. The van der Waals surface area contributed by atoms with E-state index in [1.165, 1.54) is 0 Å². The molecule has 4 aliphatic rings. The predicted octanol–water partition coefficient (Wildman–Crippen LogP) is 2.62. The molecule has 216 valence electrons. The number of hydrogen-bond donors (Lipinski definition) is 4. The number of fused-ring (bicyclic) bond motifs is 3. The lowest BCUT2D eigenvalue weighted by atomic mass is 9.57. The first kappa shape index (κ1) is 28.3. The fourth-order valence-corrected chi connectivity index (χ4v) is 7.58. The van der Waals surface area contributed by atoms with Crippen LogP contribution in [0.3, 0.4) is 0 Å². The molecule has 5 atom stereocenters. The van der Waals surface area contributed by atoms with Gasteiger partial charge in [0.2, 0.25) is 5.78 Å². The number of phenolic OH excluding ortho intramolecular Hbond substituents is 1. The second kappa shape index (κ2) is 10.0. The number of rotatable bonds is 6. The number of aromatic hydroxyl groups is 1. The second-order valence-corrected chi connectivity index (χ2v) is 11.4. The van der Waals surface area contributed by atoms with Crippen LogP contribution in [0.5, 0.6) is 11.5 Å². The van der Waals surface area contributed by atoms with Crippen LogP contribution in [0.25, 0.3) is 5.76 Å². The molecule has 5 rings (SSSR count). The molecule has 0 bridgehead atoms. The molecule has 10 heteroatoms. The van der Waals surface area contributed by atoms with Gasteiger partial charge in [0.15, 0.2) is 17.2 Å². The predicted molar refractivity (Wildman–Crippen MR) is 146 cm³/mol. The van der Waals surface area contributed by atoms with Crippen LogP contribution in [0.4, 0.5) is 0 Å². The molecule has 1 aromatic carbocycles. The third-order valence-electron chi connectivity index (χ3n) is 9.56. The SMILES string of the molecule is CCN1CCCC1c1cc(O)c2c(c1OC)C[C@H]1C[C@H]3[C@H](N(C)CC)C(=O)C(C(C)=O)=C(O)[C@@]3(O)C(=O)C1=C2O. The van der Waals surface area contributed by atoms with E-state index in [1.54, 1.807) is 25.1 Å². The maximum atomic E-state index is 14.1. The number of likely N-dealkylation sites (tertiary alicyclic amines) is 1. The van der Waals surface area contributed by atoms with Crippen molar-refractivity contribution in [2.75, 3.05) is 33.8 Å². The van der Waals surface area contributed by atoms with Gasteiger partial charge in [0, 0.05) is 28.7 Å². The lowest BCUT2D eigenvalue weighted by Gasteiger charge is -2.50. The van der Waals surface area contributed by atoms with E-state index >= 15 is 0 Å². The minimum Gasteiger partial charge on any atom is -0.508 e. The highest BCUT2D eigenvalue weighted by Crippen LogP contribution is 2.55. The highest BCUT2D eigenvalue weighted by molar-refractivity contribution is 6.25. The summed E-state index contributed by atoms with van der Waals surface area (Å²) in [5.41, 5.74) is -1.86. The average Bonchev–Trinajstić information content (AvgIpc) is 3.39. The van der Waals surface area contributed by atoms with E-state index in [1.807, 2.05) is 6.92 Å². The highest BCUT2D eigenvalue weighted by Gasteiger charge is 2.64. The number of methoxy groups -OCH3 is 1. The quantitative estimate of drug-likeness (QED) is 0.387. The van der Waals surface area contributed by atoms with E-state index in [4.69, 9.17) is 4.74 Å². The standard InChI is InChI=1S/C30H38N2O8/c1-6-31(4)24-18-12-15-11-17-23(20(34)13-16(27(17)40-5)19-9-8-10-32(19)7-2)25(35)22(15)29(38)30(18,39)28(37)21(14(3)33)26(24)36/h13,15,18-19,24,34-35,37,39H,6-12H2,1-5H3/t15-,18-,19?,24-,30+/m0/s1. The maximum Gasteiger partial charge on any atom is 0.202 e. The van der Waals surface area contributed by atoms with Crippen LogP contribution in [-0.2, 0) is 20.8 Å². The molecule has 3 aliphatic carbocycles. The van der Waals surface area contributed by atoms with E-state index in [2.05, 4.69) is 11.8 Å². The first-order chi connectivity index (χ1) is 18.9. The van der Waals surface area contributed by atoms with Crippen molar-refractivity contribution in [1.82, 2.24) is 9.80 Å². The fraction of sp³-hybridized carbons (Fsp3) is 0.567. The minimum atomic E-state index is -2.58. The van der Waals surface area contributed by atoms with Gasteiger partial charge in [0.1, 0.15) is 28.6 Å². The van der Waals surface area contributed by atoms with Crippen molar-refractivity contribution < 1.29 is 39.5 Å². The van der Waals surface area contributed by atoms with Crippen molar-refractivity contribution in [3.05, 3.63) is 39.7 Å². The summed E-state index contributed by atoms with van der Waals surface area (Å²) in [7, 11) is 3.21. The number of aliphatic hydroxyl groups excluding tert-OH is 2. The summed E-state index contributed by atoms with van der Waals surface area (Å²) in [6.07, 6.45) is 2.20. The number of ether oxygens (including phenoxy) is 1. The molecule has 0 radical (unpaired) electrons. The van der Waals surface area contributed by atoms with E-state index in [0.29, 0.717) is 17.9 Å². The zero-order chi connectivity index (χ0) is 29.3. The topological polar surface area (TPSA) is 148 Å². The number of ketones is 3. The van der Waals surface area contributed by atoms with Gasteiger partial charge in [-0.25, -0.2) is 0 Å². The van der Waals surface area contributed by atoms with Gasteiger partial charge >= 0.3 is 0 Å². The van der Waals surface area contributed by atoms with Gasteiger partial charge in [-0.15, -0.1) is 0 Å². The monoisotopic (exact) mass is 554 g/mol. The summed E-state index contributed by atoms with van der Waals surface area (Å²) >= 11 is 0. The number of phenols is 1. The molecule has 1 saturated carbocycles. The van der Waals surface area contributed by atoms with Crippen LogP contribution in [0.15, 0.2) is 23.0 Å². The third-order valence-corrected chi connectivity index (χ3v) is 9.56. The Balaban J connectivity index is 1.71. The largest absolute Gasteiger partial charge is 0.508 e. The molecule has 1 unspecified atom stereocenters. The van der Waals surface area contributed by atoms with Crippen molar-refractivity contribution in [1.29, 1.82) is 0 Å². The number of Topliss-reactive ketones (excluding diaryl/α,β-unsaturated/α-hetero) is 3. The first-order valence-electron chi connectivity index (χ1n) is 14.0. The lowest BCUT2D eigenvalue weighted by molar-refractivity contribution is -0.154. The summed E-state index contributed by atoms with van der Waals surface area (Å²) in [4.78, 5) is 43.9. The van der Waals surface area contributed by atoms with Crippen LogP contribution in [-0.4, -0.2) is 93.0 Å². The molecule has 1 heterocycles. The number of carbonyl (C=O) groups excluding carboxylic acids is 3. The van der Waals surface area contributed by atoms with Crippen LogP contribution in [0, 0.1) is 11.8 Å². The zero-order valence-corrected chi connectivity index (χ0v) is 23.7. The molecule has 2 fully saturated rings. The van der Waals surface area contributed by atoms with Gasteiger partial charge in [-0.2, -0.15) is 0 Å². The van der Waals surface area contributed by atoms with Crippen LogP contribution >= 0.6 is 0 Å². The van der Waals surface area contributed by atoms with Gasteiger partial charge < -0.3 is 25.2 Å². The van der Waals surface area contributed by atoms with Gasteiger partial charge in [-0.3, -0.25) is 24.2 Å². The molecule has 10 nitrogen and oxygen atoms in total. The van der Waals surface area contributed by atoms with Crippen molar-refractivity contribution in [2.45, 2.75) is 64.1 Å². The average molecular weight is 555 g/mol. The van der Waals surface area contributed by atoms with E-state index in [9.17, 15) is 34.8 Å². The Kier molecular flexibility index (Phi) is 7.09. The smallest absolute Gasteiger partial charge is 0.202 e. The second-order valence-electron chi connectivity index (χ2n) is 11.4. The summed E-state index contributed by atoms with van der Waals surface area (Å²) in [5.74, 6) is -5.15. The Labute approximate surface area is 233 Å². The third kappa shape index (κ3) is 3.76. The Morgan fingerprint density at radius 1 is 1.23 bits per heavy atom. The Hall–Kier alpha value is -3.21. The molecule has 1 aromatic rings. The maximum absolute atomic E-state index is 14.1. The highest BCUT2D eigenvalue weighted by atomic mass is 16.5. The first-order valence-corrected chi connectivity index (χ1v) is 14.0. The van der Waals surface area contributed by atoms with E-state index < -0.39 is 57.9 Å². The Morgan fingerprint density at radius 2 is 1.93 bits per heavy atom. The Bertz CT molecular complexity index is 1360. The van der Waals surface area contributed by atoms with Crippen molar-refractivity contribution in [3.8, 4) is 11.5 Å². The summed E-state index contributed by atoms with van der Waals surface area (Å²) in [5, 5.41) is 45.6. The molecule has 0 amide bonds. The van der Waals surface area contributed by atoms with Gasteiger partial charge in [0.25, 0.3) is 0 Å². The van der Waals surface area contributed by atoms with Gasteiger partial charge in [-0.05, 0) is 71.3 Å². The summed E-state index contributed by atoms with van der Waals surface area (Å²) in [6, 6.07) is 0.582. The number of benzene rings is 1. The van der Waals surface area contributed by atoms with Crippen molar-refractivity contribution in [2.24, 2.45) is 11.8 Å². The summed E-state index contributed by atoms with van der Waals surface area (Å²) < 4.78 is 5.88. The van der Waals surface area contributed by atoms with Gasteiger partial charge in [0.05, 0.1) is 18.7 Å². The molecule has 0 aromatic heterocycles. The molecule has 1 saturated heterocycles. The zero-order valence-electron chi connectivity index (χ0n) is 23.7. The van der Waals surface area contributed by atoms with Crippen LogP contribution in [0.2, 0.25) is 0 Å².